The number of hydrogen-bond acceptors (Lipinski definition) is 3. The molecule has 0 saturated heterocycles. The molecule has 1 amide bonds. The lowest BCUT2D eigenvalue weighted by Gasteiger charge is -2.20. The van der Waals surface area contributed by atoms with Gasteiger partial charge in [0.05, 0.1) is 12.5 Å². The van der Waals surface area contributed by atoms with Crippen LogP contribution < -0.4 is 5.32 Å². The van der Waals surface area contributed by atoms with E-state index in [2.05, 4.69) is 5.32 Å². The van der Waals surface area contributed by atoms with Crippen molar-refractivity contribution in [3.8, 4) is 0 Å². The number of halogens is 1. The fraction of sp³-hybridized carbons (Fsp3) is 0.429. The van der Waals surface area contributed by atoms with Gasteiger partial charge >= 0.3 is 5.97 Å². The standard InChI is InChI=1S/C14H18ClNO4/c1-3-20-9(2)14(19)16-12(8-13(17)18)10-4-6-11(15)7-5-10/h4-7,9,12H,3,8H2,1-2H3,(H,16,19)(H,17,18)/t9?,12-/m0/s1. The Morgan fingerprint density at radius 3 is 2.45 bits per heavy atom. The molecule has 20 heavy (non-hydrogen) atoms. The molecule has 0 aliphatic carbocycles. The average Bonchev–Trinajstić information content (AvgIpc) is 2.38. The first-order chi connectivity index (χ1) is 9.43. The van der Waals surface area contributed by atoms with Gasteiger partial charge in [0.1, 0.15) is 6.10 Å². The van der Waals surface area contributed by atoms with Crippen molar-refractivity contribution in [1.82, 2.24) is 5.32 Å². The minimum atomic E-state index is -0.991. The summed E-state index contributed by atoms with van der Waals surface area (Å²) in [5.41, 5.74) is 0.689. The van der Waals surface area contributed by atoms with Crippen molar-refractivity contribution in [2.45, 2.75) is 32.4 Å². The molecule has 0 heterocycles. The number of ether oxygens (including phenoxy) is 1. The third kappa shape index (κ3) is 5.19. The minimum absolute atomic E-state index is 0.202. The molecule has 0 bridgehead atoms. The quantitative estimate of drug-likeness (QED) is 0.810. The molecule has 6 heteroatoms. The Hall–Kier alpha value is -1.59. The third-order valence-corrected chi connectivity index (χ3v) is 3.01. The Morgan fingerprint density at radius 2 is 1.95 bits per heavy atom. The number of carboxylic acid groups (broad SMARTS) is 1. The molecule has 0 spiro atoms. The number of hydrogen-bond donors (Lipinski definition) is 2. The van der Waals surface area contributed by atoms with Crippen LogP contribution in [0, 0.1) is 0 Å². The lowest BCUT2D eigenvalue weighted by Crippen LogP contribution is -2.38. The van der Waals surface area contributed by atoms with E-state index in [0.29, 0.717) is 17.2 Å². The molecule has 1 unspecified atom stereocenters. The number of amides is 1. The molecule has 0 aliphatic rings. The number of nitrogens with one attached hydrogen (secondary N) is 1. The molecular formula is C14H18ClNO4. The fourth-order valence-corrected chi connectivity index (χ4v) is 1.86. The van der Waals surface area contributed by atoms with Crippen LogP contribution in [0.25, 0.3) is 0 Å². The Balaban J connectivity index is 2.81. The van der Waals surface area contributed by atoms with Gasteiger partial charge in [0.25, 0.3) is 0 Å². The van der Waals surface area contributed by atoms with Crippen molar-refractivity contribution in [3.63, 3.8) is 0 Å². The SMILES string of the molecule is CCOC(C)C(=O)N[C@@H](CC(=O)O)c1ccc(Cl)cc1. The van der Waals surface area contributed by atoms with Gasteiger partial charge in [0.15, 0.2) is 0 Å². The zero-order valence-electron chi connectivity index (χ0n) is 11.4. The molecule has 1 rings (SSSR count). The second-order valence-electron chi connectivity index (χ2n) is 4.31. The summed E-state index contributed by atoms with van der Waals surface area (Å²) in [6, 6.07) is 6.09. The number of carbonyl (C=O) groups excluding carboxylic acids is 1. The van der Waals surface area contributed by atoms with E-state index < -0.39 is 18.1 Å². The van der Waals surface area contributed by atoms with Crippen molar-refractivity contribution in [2.24, 2.45) is 0 Å². The van der Waals surface area contributed by atoms with Crippen LogP contribution in [0.2, 0.25) is 5.02 Å². The molecule has 2 atom stereocenters. The van der Waals surface area contributed by atoms with E-state index in [9.17, 15) is 9.59 Å². The monoisotopic (exact) mass is 299 g/mol. The number of rotatable bonds is 7. The molecule has 0 fully saturated rings. The summed E-state index contributed by atoms with van der Waals surface area (Å²) in [6.45, 7) is 3.83. The van der Waals surface area contributed by atoms with Gasteiger partial charge in [0, 0.05) is 11.6 Å². The van der Waals surface area contributed by atoms with E-state index in [0.717, 1.165) is 0 Å². The summed E-state index contributed by atoms with van der Waals surface area (Å²) in [7, 11) is 0. The molecule has 0 aromatic heterocycles. The summed E-state index contributed by atoms with van der Waals surface area (Å²) >= 11 is 5.80. The van der Waals surface area contributed by atoms with Crippen LogP contribution in [0.4, 0.5) is 0 Å². The molecule has 1 aromatic rings. The van der Waals surface area contributed by atoms with Gasteiger partial charge in [-0.05, 0) is 31.5 Å². The normalized spacial score (nSPS) is 13.6. The Bertz CT molecular complexity index is 461. The van der Waals surface area contributed by atoms with E-state index in [-0.39, 0.29) is 12.3 Å². The van der Waals surface area contributed by atoms with E-state index in [1.54, 1.807) is 38.1 Å². The van der Waals surface area contributed by atoms with Crippen LogP contribution >= 0.6 is 11.6 Å². The smallest absolute Gasteiger partial charge is 0.305 e. The highest BCUT2D eigenvalue weighted by Gasteiger charge is 2.21. The highest BCUT2D eigenvalue weighted by molar-refractivity contribution is 6.30. The summed E-state index contributed by atoms with van der Waals surface area (Å²) < 4.78 is 5.18. The first kappa shape index (κ1) is 16.5. The summed E-state index contributed by atoms with van der Waals surface area (Å²) in [6.07, 6.45) is -0.824. The maximum atomic E-state index is 11.9. The van der Waals surface area contributed by atoms with Crippen LogP contribution in [-0.4, -0.2) is 29.7 Å². The third-order valence-electron chi connectivity index (χ3n) is 2.75. The van der Waals surface area contributed by atoms with E-state index in [1.165, 1.54) is 0 Å². The molecular weight excluding hydrogens is 282 g/mol. The van der Waals surface area contributed by atoms with E-state index in [1.807, 2.05) is 0 Å². The van der Waals surface area contributed by atoms with Crippen LogP contribution in [-0.2, 0) is 14.3 Å². The predicted octanol–water partition coefficient (Wildman–Crippen LogP) is 2.40. The first-order valence-corrected chi connectivity index (χ1v) is 6.71. The summed E-state index contributed by atoms with van der Waals surface area (Å²) in [4.78, 5) is 22.8. The van der Waals surface area contributed by atoms with Gasteiger partial charge in [-0.3, -0.25) is 9.59 Å². The zero-order valence-corrected chi connectivity index (χ0v) is 12.2. The zero-order chi connectivity index (χ0) is 15.1. The van der Waals surface area contributed by atoms with E-state index >= 15 is 0 Å². The van der Waals surface area contributed by atoms with Crippen molar-refractivity contribution in [1.29, 1.82) is 0 Å². The predicted molar refractivity (Wildman–Crippen MR) is 75.7 cm³/mol. The molecule has 2 N–H and O–H groups in total. The van der Waals surface area contributed by atoms with Gasteiger partial charge in [-0.2, -0.15) is 0 Å². The minimum Gasteiger partial charge on any atom is -0.481 e. The second kappa shape index (κ2) is 7.87. The van der Waals surface area contributed by atoms with Crippen molar-refractivity contribution in [3.05, 3.63) is 34.9 Å². The molecule has 5 nitrogen and oxygen atoms in total. The van der Waals surface area contributed by atoms with Crippen molar-refractivity contribution in [2.75, 3.05) is 6.61 Å². The van der Waals surface area contributed by atoms with E-state index in [4.69, 9.17) is 21.4 Å². The lowest BCUT2D eigenvalue weighted by atomic mass is 10.0. The van der Waals surface area contributed by atoms with Gasteiger partial charge in [0.2, 0.25) is 5.91 Å². The molecule has 0 aliphatic heterocycles. The van der Waals surface area contributed by atoms with Crippen LogP contribution in [0.1, 0.15) is 31.9 Å². The van der Waals surface area contributed by atoms with Crippen molar-refractivity contribution < 1.29 is 19.4 Å². The van der Waals surface area contributed by atoms with Gasteiger partial charge in [-0.1, -0.05) is 23.7 Å². The Morgan fingerprint density at radius 1 is 1.35 bits per heavy atom. The van der Waals surface area contributed by atoms with Crippen molar-refractivity contribution >= 4 is 23.5 Å². The highest BCUT2D eigenvalue weighted by Crippen LogP contribution is 2.19. The van der Waals surface area contributed by atoms with Gasteiger partial charge < -0.3 is 15.2 Å². The summed E-state index contributed by atoms with van der Waals surface area (Å²) in [5.74, 6) is -1.33. The van der Waals surface area contributed by atoms with Crippen LogP contribution in [0.5, 0.6) is 0 Å². The molecule has 1 aromatic carbocycles. The summed E-state index contributed by atoms with van der Waals surface area (Å²) in [5, 5.41) is 12.2. The van der Waals surface area contributed by atoms with Crippen LogP contribution in [0.3, 0.4) is 0 Å². The van der Waals surface area contributed by atoms with Crippen LogP contribution in [0.15, 0.2) is 24.3 Å². The number of benzene rings is 1. The maximum absolute atomic E-state index is 11.9. The number of aliphatic carboxylic acids is 1. The number of carbonyl (C=O) groups is 2. The lowest BCUT2D eigenvalue weighted by molar-refractivity contribution is -0.138. The Labute approximate surface area is 122 Å². The second-order valence-corrected chi connectivity index (χ2v) is 4.74. The fourth-order valence-electron chi connectivity index (χ4n) is 1.74. The molecule has 110 valence electrons. The Kier molecular flexibility index (Phi) is 6.48. The van der Waals surface area contributed by atoms with Gasteiger partial charge in [-0.15, -0.1) is 0 Å². The van der Waals surface area contributed by atoms with Gasteiger partial charge in [-0.25, -0.2) is 0 Å². The number of carboxylic acids is 1. The largest absolute Gasteiger partial charge is 0.481 e. The molecule has 0 radical (unpaired) electrons. The average molecular weight is 300 g/mol. The highest BCUT2D eigenvalue weighted by atomic mass is 35.5. The topological polar surface area (TPSA) is 75.6 Å². The maximum Gasteiger partial charge on any atom is 0.305 e. The first-order valence-electron chi connectivity index (χ1n) is 6.33. The molecule has 0 saturated carbocycles.